The van der Waals surface area contributed by atoms with E-state index in [1.165, 1.54) is 17.1 Å². The van der Waals surface area contributed by atoms with Crippen molar-refractivity contribution in [3.63, 3.8) is 0 Å². The summed E-state index contributed by atoms with van der Waals surface area (Å²) in [5.74, 6) is 0.510. The Morgan fingerprint density at radius 2 is 2.19 bits per heavy atom. The Morgan fingerprint density at radius 1 is 1.31 bits per heavy atom. The standard InChI is InChI=1S/C19H21N3O3S/c1-25-16-6-2-7-17(12-16)26(23,24)22-13-14(11-15-5-3-9-20-15)19-18(22)8-4-10-21-19/h2,4,6-8,10,12-13,15,20H,3,5,9,11H2,1H3/t15-/m0/s1. The van der Waals surface area contributed by atoms with Crippen LogP contribution in [0.25, 0.3) is 11.0 Å². The van der Waals surface area contributed by atoms with E-state index in [1.807, 2.05) is 0 Å². The molecular formula is C19H21N3O3S. The number of nitrogens with one attached hydrogen (secondary N) is 1. The highest BCUT2D eigenvalue weighted by atomic mass is 32.2. The minimum absolute atomic E-state index is 0.197. The Morgan fingerprint density at radius 3 is 2.96 bits per heavy atom. The highest BCUT2D eigenvalue weighted by Crippen LogP contribution is 2.27. The molecule has 6 nitrogen and oxygen atoms in total. The molecule has 0 spiro atoms. The number of hydrogen-bond donors (Lipinski definition) is 1. The highest BCUT2D eigenvalue weighted by Gasteiger charge is 2.24. The van der Waals surface area contributed by atoms with Gasteiger partial charge in [-0.25, -0.2) is 12.4 Å². The number of benzene rings is 1. The predicted molar refractivity (Wildman–Crippen MR) is 100 cm³/mol. The second kappa shape index (κ2) is 6.74. The van der Waals surface area contributed by atoms with E-state index in [-0.39, 0.29) is 4.90 Å². The van der Waals surface area contributed by atoms with Crippen molar-refractivity contribution >= 4 is 21.1 Å². The van der Waals surface area contributed by atoms with Crippen LogP contribution in [-0.4, -0.2) is 37.1 Å². The monoisotopic (exact) mass is 371 g/mol. The predicted octanol–water partition coefficient (Wildman–Crippen LogP) is 2.58. The summed E-state index contributed by atoms with van der Waals surface area (Å²) in [4.78, 5) is 4.64. The van der Waals surface area contributed by atoms with Crippen LogP contribution < -0.4 is 10.1 Å². The summed E-state index contributed by atoms with van der Waals surface area (Å²) < 4.78 is 33.0. The van der Waals surface area contributed by atoms with Crippen molar-refractivity contribution in [2.75, 3.05) is 13.7 Å². The number of fused-ring (bicyclic) bond motifs is 1. The minimum Gasteiger partial charge on any atom is -0.497 e. The van der Waals surface area contributed by atoms with Gasteiger partial charge in [-0.3, -0.25) is 4.98 Å². The second-order valence-electron chi connectivity index (χ2n) is 6.50. The molecule has 0 saturated carbocycles. The molecule has 2 aromatic heterocycles. The van der Waals surface area contributed by atoms with Crippen molar-refractivity contribution < 1.29 is 13.2 Å². The zero-order valence-corrected chi connectivity index (χ0v) is 15.4. The Hall–Kier alpha value is -2.38. The Kier molecular flexibility index (Phi) is 4.42. The summed E-state index contributed by atoms with van der Waals surface area (Å²) >= 11 is 0. The molecule has 26 heavy (non-hydrogen) atoms. The molecular weight excluding hydrogens is 350 g/mol. The molecule has 0 aliphatic carbocycles. The lowest BCUT2D eigenvalue weighted by Gasteiger charge is -2.09. The van der Waals surface area contributed by atoms with E-state index in [1.54, 1.807) is 42.7 Å². The SMILES string of the molecule is COc1cccc(S(=O)(=O)n2cc(C[C@@H]3CCCN3)c3ncccc32)c1. The van der Waals surface area contributed by atoms with E-state index < -0.39 is 10.0 Å². The summed E-state index contributed by atoms with van der Waals surface area (Å²) in [6.07, 6.45) is 6.44. The van der Waals surface area contributed by atoms with Gasteiger partial charge in [-0.2, -0.15) is 0 Å². The third-order valence-electron chi connectivity index (χ3n) is 4.83. The van der Waals surface area contributed by atoms with Crippen LogP contribution in [-0.2, 0) is 16.4 Å². The van der Waals surface area contributed by atoms with Crippen LogP contribution in [0.1, 0.15) is 18.4 Å². The van der Waals surface area contributed by atoms with Gasteiger partial charge in [-0.15, -0.1) is 0 Å². The first-order chi connectivity index (χ1) is 12.6. The Balaban J connectivity index is 1.82. The molecule has 0 unspecified atom stereocenters. The molecule has 3 aromatic rings. The van der Waals surface area contributed by atoms with Gasteiger partial charge in [0.15, 0.2) is 0 Å². The molecule has 3 heterocycles. The van der Waals surface area contributed by atoms with E-state index in [4.69, 9.17) is 4.74 Å². The summed E-state index contributed by atoms with van der Waals surface area (Å²) in [5, 5.41) is 3.46. The maximum Gasteiger partial charge on any atom is 0.268 e. The molecule has 1 aliphatic rings. The first-order valence-corrected chi connectivity index (χ1v) is 10.1. The number of pyridine rings is 1. The summed E-state index contributed by atoms with van der Waals surface area (Å²) in [6, 6.07) is 10.5. The summed E-state index contributed by atoms with van der Waals surface area (Å²) in [7, 11) is -2.21. The third kappa shape index (κ3) is 2.97. The van der Waals surface area contributed by atoms with Gasteiger partial charge in [0.25, 0.3) is 10.0 Å². The van der Waals surface area contributed by atoms with Crippen LogP contribution in [0.2, 0.25) is 0 Å². The highest BCUT2D eigenvalue weighted by molar-refractivity contribution is 7.90. The van der Waals surface area contributed by atoms with Gasteiger partial charge in [0.1, 0.15) is 5.75 Å². The smallest absolute Gasteiger partial charge is 0.268 e. The first kappa shape index (κ1) is 17.1. The average molecular weight is 371 g/mol. The maximum absolute atomic E-state index is 13.2. The van der Waals surface area contributed by atoms with Crippen molar-refractivity contribution in [1.82, 2.24) is 14.3 Å². The van der Waals surface area contributed by atoms with Crippen molar-refractivity contribution in [3.8, 4) is 5.75 Å². The van der Waals surface area contributed by atoms with E-state index in [0.29, 0.717) is 17.3 Å². The number of aromatic nitrogens is 2. The largest absolute Gasteiger partial charge is 0.497 e. The molecule has 4 rings (SSSR count). The molecule has 136 valence electrons. The molecule has 1 atom stereocenters. The van der Waals surface area contributed by atoms with Crippen LogP contribution >= 0.6 is 0 Å². The minimum atomic E-state index is -3.73. The fourth-order valence-electron chi connectivity index (χ4n) is 3.51. The Labute approximate surface area is 152 Å². The maximum atomic E-state index is 13.2. The lowest BCUT2D eigenvalue weighted by molar-refractivity contribution is 0.413. The van der Waals surface area contributed by atoms with Crippen LogP contribution in [0.5, 0.6) is 5.75 Å². The zero-order valence-electron chi connectivity index (χ0n) is 14.6. The van der Waals surface area contributed by atoms with Crippen LogP contribution in [0, 0.1) is 0 Å². The van der Waals surface area contributed by atoms with Gasteiger partial charge in [-0.1, -0.05) is 6.07 Å². The normalized spacial score (nSPS) is 17.7. The molecule has 1 fully saturated rings. The molecule has 0 radical (unpaired) electrons. The molecule has 0 amide bonds. The average Bonchev–Trinajstić information content (AvgIpc) is 3.31. The molecule has 0 bridgehead atoms. The van der Waals surface area contributed by atoms with Crippen LogP contribution in [0.3, 0.4) is 0 Å². The number of hydrogen-bond acceptors (Lipinski definition) is 5. The number of methoxy groups -OCH3 is 1. The third-order valence-corrected chi connectivity index (χ3v) is 6.50. The number of nitrogens with zero attached hydrogens (tertiary/aromatic N) is 2. The Bertz CT molecular complexity index is 1040. The van der Waals surface area contributed by atoms with E-state index in [9.17, 15) is 8.42 Å². The van der Waals surface area contributed by atoms with E-state index in [0.717, 1.165) is 36.9 Å². The second-order valence-corrected chi connectivity index (χ2v) is 8.32. The molecule has 1 N–H and O–H groups in total. The van der Waals surface area contributed by atoms with E-state index in [2.05, 4.69) is 10.3 Å². The molecule has 1 aromatic carbocycles. The topological polar surface area (TPSA) is 73.2 Å². The summed E-state index contributed by atoms with van der Waals surface area (Å²) in [6.45, 7) is 1.01. The van der Waals surface area contributed by atoms with Crippen molar-refractivity contribution in [2.45, 2.75) is 30.2 Å². The van der Waals surface area contributed by atoms with Crippen molar-refractivity contribution in [2.24, 2.45) is 0 Å². The van der Waals surface area contributed by atoms with Gasteiger partial charge in [0, 0.05) is 24.5 Å². The van der Waals surface area contributed by atoms with Gasteiger partial charge in [0.05, 0.1) is 23.0 Å². The van der Waals surface area contributed by atoms with Gasteiger partial charge in [0.2, 0.25) is 0 Å². The van der Waals surface area contributed by atoms with Crippen molar-refractivity contribution in [3.05, 3.63) is 54.4 Å². The fraction of sp³-hybridized carbons (Fsp3) is 0.316. The first-order valence-electron chi connectivity index (χ1n) is 8.67. The lowest BCUT2D eigenvalue weighted by atomic mass is 10.1. The van der Waals surface area contributed by atoms with Gasteiger partial charge < -0.3 is 10.1 Å². The van der Waals surface area contributed by atoms with E-state index >= 15 is 0 Å². The molecule has 1 saturated heterocycles. The number of ether oxygens (including phenoxy) is 1. The van der Waals surface area contributed by atoms with Crippen LogP contribution in [0.4, 0.5) is 0 Å². The molecule has 7 heteroatoms. The quantitative estimate of drug-likeness (QED) is 0.746. The van der Waals surface area contributed by atoms with Crippen molar-refractivity contribution in [1.29, 1.82) is 0 Å². The van der Waals surface area contributed by atoms with Gasteiger partial charge >= 0.3 is 0 Å². The molecule has 1 aliphatic heterocycles. The zero-order chi connectivity index (χ0) is 18.1. The fourth-order valence-corrected chi connectivity index (χ4v) is 4.93. The lowest BCUT2D eigenvalue weighted by Crippen LogP contribution is -2.23. The van der Waals surface area contributed by atoms with Crippen LogP contribution in [0.15, 0.2) is 53.7 Å². The summed E-state index contributed by atoms with van der Waals surface area (Å²) in [5.41, 5.74) is 2.29. The van der Waals surface area contributed by atoms with Gasteiger partial charge in [-0.05, 0) is 55.6 Å². The number of rotatable bonds is 5.